The molecule has 3 aromatic carbocycles. The molecule has 0 unspecified atom stereocenters. The summed E-state index contributed by atoms with van der Waals surface area (Å²) in [4.78, 5) is 41.0. The highest BCUT2D eigenvalue weighted by molar-refractivity contribution is 7.99. The van der Waals surface area contributed by atoms with Gasteiger partial charge in [0, 0.05) is 52.5 Å². The highest BCUT2D eigenvalue weighted by Gasteiger charge is 2.69. The molecule has 7 nitrogen and oxygen atoms in total. The van der Waals surface area contributed by atoms with Crippen molar-refractivity contribution in [3.63, 3.8) is 0 Å². The molecule has 3 aromatic rings. The Bertz CT molecular complexity index is 1360. The number of hydrogen-bond donors (Lipinski definition) is 1. The second-order valence-electron chi connectivity index (χ2n) is 9.03. The van der Waals surface area contributed by atoms with Crippen molar-refractivity contribution >= 4 is 34.8 Å². The number of nitro groups is 1. The molecular weight excluding hydrogens is 469 g/mol. The minimum Gasteiger partial charge on any atom is -0.324 e. The summed E-state index contributed by atoms with van der Waals surface area (Å²) in [5.74, 6) is -0.856. The normalized spacial score (nSPS) is 27.0. The topological polar surface area (TPSA) is 92.5 Å². The van der Waals surface area contributed by atoms with Crippen LogP contribution in [0.3, 0.4) is 0 Å². The second-order valence-corrected chi connectivity index (χ2v) is 10.0. The van der Waals surface area contributed by atoms with E-state index >= 15 is 0 Å². The molecule has 3 aliphatic rings. The highest BCUT2D eigenvalue weighted by atomic mass is 32.2. The number of carbonyl (C=O) groups excluding carboxylic acids is 2. The lowest BCUT2D eigenvalue weighted by molar-refractivity contribution is -0.384. The average molecular weight is 490 g/mol. The zero-order valence-corrected chi connectivity index (χ0v) is 19.2. The molecule has 0 aromatic heterocycles. The Kier molecular flexibility index (Phi) is 5.01. The molecule has 4 atom stereocenters. The highest BCUT2D eigenvalue weighted by Crippen LogP contribution is 2.61. The number of Topliss-reactive ketones (excluding diaryl/α,β-unsaturated/α-hetero) is 1. The first-order valence-corrected chi connectivity index (χ1v) is 12.4. The molecule has 1 spiro atoms. The smallest absolute Gasteiger partial charge is 0.269 e. The molecular formula is C26H20FN3O4S. The number of nitrogens with one attached hydrogen (secondary N) is 1. The van der Waals surface area contributed by atoms with Crippen molar-refractivity contribution in [2.45, 2.75) is 17.5 Å². The first-order chi connectivity index (χ1) is 16.9. The average Bonchev–Trinajstić information content (AvgIpc) is 3.52. The van der Waals surface area contributed by atoms with E-state index in [1.165, 1.54) is 36.4 Å². The number of non-ortho nitro benzene ring substituents is 1. The van der Waals surface area contributed by atoms with Gasteiger partial charge in [0.05, 0.1) is 10.8 Å². The van der Waals surface area contributed by atoms with Crippen LogP contribution in [-0.2, 0) is 10.3 Å². The van der Waals surface area contributed by atoms with Crippen molar-refractivity contribution in [3.8, 4) is 0 Å². The summed E-state index contributed by atoms with van der Waals surface area (Å²) in [5, 5.41) is 14.2. The van der Waals surface area contributed by atoms with Crippen molar-refractivity contribution in [1.82, 2.24) is 4.90 Å². The molecule has 3 aliphatic heterocycles. The molecule has 6 rings (SSSR count). The molecule has 3 heterocycles. The van der Waals surface area contributed by atoms with Gasteiger partial charge in [-0.15, -0.1) is 11.8 Å². The summed E-state index contributed by atoms with van der Waals surface area (Å²) in [7, 11) is 0. The first kappa shape index (κ1) is 21.9. The van der Waals surface area contributed by atoms with Crippen molar-refractivity contribution in [1.29, 1.82) is 0 Å². The fourth-order valence-electron chi connectivity index (χ4n) is 6.02. The van der Waals surface area contributed by atoms with Gasteiger partial charge in [0.25, 0.3) is 5.69 Å². The van der Waals surface area contributed by atoms with Crippen LogP contribution < -0.4 is 5.32 Å². The third-order valence-corrected chi connectivity index (χ3v) is 8.47. The van der Waals surface area contributed by atoms with Gasteiger partial charge in [-0.1, -0.05) is 30.3 Å². The van der Waals surface area contributed by atoms with Gasteiger partial charge in [0.1, 0.15) is 11.4 Å². The number of benzene rings is 3. The Morgan fingerprint density at radius 1 is 1.09 bits per heavy atom. The van der Waals surface area contributed by atoms with E-state index in [4.69, 9.17) is 0 Å². The van der Waals surface area contributed by atoms with E-state index in [1.807, 2.05) is 24.3 Å². The van der Waals surface area contributed by atoms with Crippen LogP contribution in [0.1, 0.15) is 27.4 Å². The summed E-state index contributed by atoms with van der Waals surface area (Å²) in [5.41, 5.74) is 1.25. The maximum absolute atomic E-state index is 14.2. The number of thioether (sulfide) groups is 1. The molecule has 0 aliphatic carbocycles. The molecule has 0 radical (unpaired) electrons. The predicted molar refractivity (Wildman–Crippen MR) is 130 cm³/mol. The fourth-order valence-corrected chi connectivity index (χ4v) is 7.34. The summed E-state index contributed by atoms with van der Waals surface area (Å²) in [6.45, 7) is 0. The van der Waals surface area contributed by atoms with E-state index in [2.05, 4.69) is 10.2 Å². The van der Waals surface area contributed by atoms with E-state index in [1.54, 1.807) is 23.9 Å². The van der Waals surface area contributed by atoms with Gasteiger partial charge < -0.3 is 5.32 Å². The van der Waals surface area contributed by atoms with E-state index in [9.17, 15) is 24.1 Å². The number of ketones is 1. The molecule has 1 N–H and O–H groups in total. The Morgan fingerprint density at radius 2 is 1.80 bits per heavy atom. The summed E-state index contributed by atoms with van der Waals surface area (Å²) in [6.07, 6.45) is 0. The summed E-state index contributed by atoms with van der Waals surface area (Å²) >= 11 is 1.70. The number of anilines is 1. The number of nitrogens with zero attached hydrogens (tertiary/aromatic N) is 2. The molecule has 176 valence electrons. The second kappa shape index (κ2) is 8.00. The van der Waals surface area contributed by atoms with Crippen molar-refractivity contribution < 1.29 is 18.9 Å². The molecule has 9 heteroatoms. The number of halogens is 1. The number of carbonyl (C=O) groups is 2. The van der Waals surface area contributed by atoms with Crippen LogP contribution >= 0.6 is 11.8 Å². The minimum absolute atomic E-state index is 0.0375. The van der Waals surface area contributed by atoms with E-state index in [0.29, 0.717) is 22.9 Å². The zero-order valence-electron chi connectivity index (χ0n) is 18.4. The predicted octanol–water partition coefficient (Wildman–Crippen LogP) is 4.55. The number of para-hydroxylation sites is 1. The van der Waals surface area contributed by atoms with Gasteiger partial charge in [-0.25, -0.2) is 4.39 Å². The Balaban J connectivity index is 1.58. The summed E-state index contributed by atoms with van der Waals surface area (Å²) in [6, 6.07) is 18.9. The van der Waals surface area contributed by atoms with Gasteiger partial charge in [-0.3, -0.25) is 24.6 Å². The van der Waals surface area contributed by atoms with Gasteiger partial charge in [0.2, 0.25) is 5.91 Å². The third-order valence-electron chi connectivity index (χ3n) is 7.43. The molecule has 35 heavy (non-hydrogen) atoms. The van der Waals surface area contributed by atoms with Crippen LogP contribution in [-0.4, -0.2) is 39.2 Å². The SMILES string of the molecule is O=C(c1ccc(F)cc1)[C@@H]1[C@H](c2ccc([N+](=O)[O-])cc2)[C@@H]2CSCN2[C@]12C(=O)Nc1ccccc12. The molecule has 0 saturated carbocycles. The summed E-state index contributed by atoms with van der Waals surface area (Å²) < 4.78 is 13.7. The van der Waals surface area contributed by atoms with E-state index in [0.717, 1.165) is 11.1 Å². The van der Waals surface area contributed by atoms with Crippen molar-refractivity contribution in [2.24, 2.45) is 5.92 Å². The standard InChI is InChI=1S/C26H20FN3O4S/c27-17-9-5-16(6-10-17)24(31)23-22(15-7-11-18(12-8-15)30(33)34)21-13-35-14-29(21)26(23)19-3-1-2-4-20(19)28-25(26)32/h1-12,21-23H,13-14H2,(H,28,32)/t21-,22+,23-,26-/m0/s1. The Labute approximate surface area is 204 Å². The minimum atomic E-state index is -1.23. The van der Waals surface area contributed by atoms with Crippen molar-refractivity contribution in [2.75, 3.05) is 16.9 Å². The maximum Gasteiger partial charge on any atom is 0.269 e. The van der Waals surface area contributed by atoms with Gasteiger partial charge in [-0.05, 0) is 35.9 Å². The lowest BCUT2D eigenvalue weighted by atomic mass is 9.69. The first-order valence-electron chi connectivity index (χ1n) is 11.2. The van der Waals surface area contributed by atoms with Crippen LogP contribution in [0, 0.1) is 21.8 Å². The Morgan fingerprint density at radius 3 is 2.51 bits per heavy atom. The number of amides is 1. The van der Waals surface area contributed by atoms with Crippen LogP contribution in [0.15, 0.2) is 72.8 Å². The maximum atomic E-state index is 14.2. The monoisotopic (exact) mass is 489 g/mol. The lowest BCUT2D eigenvalue weighted by Gasteiger charge is -2.36. The van der Waals surface area contributed by atoms with Crippen LogP contribution in [0.2, 0.25) is 0 Å². The molecule has 2 fully saturated rings. The van der Waals surface area contributed by atoms with E-state index < -0.39 is 22.2 Å². The van der Waals surface area contributed by atoms with Gasteiger partial charge in [-0.2, -0.15) is 0 Å². The molecule has 1 amide bonds. The lowest BCUT2D eigenvalue weighted by Crippen LogP contribution is -2.52. The number of fused-ring (bicyclic) bond motifs is 4. The van der Waals surface area contributed by atoms with E-state index in [-0.39, 0.29) is 29.3 Å². The fraction of sp³-hybridized carbons (Fsp3) is 0.231. The zero-order chi connectivity index (χ0) is 24.3. The number of rotatable bonds is 4. The van der Waals surface area contributed by atoms with Gasteiger partial charge >= 0.3 is 0 Å². The Hall–Kier alpha value is -3.56. The molecule has 2 saturated heterocycles. The van der Waals surface area contributed by atoms with Gasteiger partial charge in [0.15, 0.2) is 5.78 Å². The largest absolute Gasteiger partial charge is 0.324 e. The number of hydrogen-bond acceptors (Lipinski definition) is 6. The third kappa shape index (κ3) is 3.08. The molecule has 0 bridgehead atoms. The van der Waals surface area contributed by atoms with Crippen LogP contribution in [0.5, 0.6) is 0 Å². The number of nitro benzene ring substituents is 1. The van der Waals surface area contributed by atoms with Crippen LogP contribution in [0.4, 0.5) is 15.8 Å². The van der Waals surface area contributed by atoms with Crippen molar-refractivity contribution in [3.05, 3.63) is 105 Å². The van der Waals surface area contributed by atoms with Crippen LogP contribution in [0.25, 0.3) is 0 Å². The quantitative estimate of drug-likeness (QED) is 0.328.